The molecule has 0 fully saturated rings. The first-order valence-electron chi connectivity index (χ1n) is 9.65. The average molecular weight is 497 g/mol. The fraction of sp³-hybridized carbons (Fsp3) is 0.125. The molecule has 3 aromatic rings. The van der Waals surface area contributed by atoms with E-state index in [4.69, 9.17) is 13.9 Å². The number of benzene rings is 2. The van der Waals surface area contributed by atoms with E-state index in [1.54, 1.807) is 36.4 Å². The highest BCUT2D eigenvalue weighted by atomic mass is 79.9. The Hall–Kier alpha value is -3.65. The molecule has 0 atom stereocenters. The average Bonchev–Trinajstić information content (AvgIpc) is 3.29. The normalized spacial score (nSPS) is 11.1. The topological polar surface area (TPSA) is 90.1 Å². The van der Waals surface area contributed by atoms with Crippen molar-refractivity contribution in [3.05, 3.63) is 87.8 Å². The van der Waals surface area contributed by atoms with E-state index in [1.165, 1.54) is 24.6 Å². The third-order valence-corrected chi connectivity index (χ3v) is 4.84. The molecular weight excluding hydrogens is 476 g/mol. The molecule has 1 amide bonds. The SMILES string of the molecule is Cc1ccc(OCC(=O)N/N=C\c2cc(Br)ccc2OC(=O)/C=C/c2ccco2)cc1C. The maximum absolute atomic E-state index is 12.1. The van der Waals surface area contributed by atoms with Crippen molar-refractivity contribution < 1.29 is 23.5 Å². The number of hydrogen-bond donors (Lipinski definition) is 1. The van der Waals surface area contributed by atoms with Crippen molar-refractivity contribution in [3.8, 4) is 11.5 Å². The number of carbonyl (C=O) groups excluding carboxylic acids is 2. The highest BCUT2D eigenvalue weighted by molar-refractivity contribution is 9.10. The number of carbonyl (C=O) groups is 2. The molecule has 0 aliphatic carbocycles. The zero-order valence-electron chi connectivity index (χ0n) is 17.5. The number of esters is 1. The van der Waals surface area contributed by atoms with E-state index in [-0.39, 0.29) is 12.4 Å². The molecule has 1 heterocycles. The Morgan fingerprint density at radius 1 is 1.12 bits per heavy atom. The fourth-order valence-electron chi connectivity index (χ4n) is 2.55. The molecule has 0 aliphatic heterocycles. The van der Waals surface area contributed by atoms with Gasteiger partial charge in [0.1, 0.15) is 17.3 Å². The Bertz CT molecular complexity index is 1150. The summed E-state index contributed by atoms with van der Waals surface area (Å²) in [6.45, 7) is 3.79. The fourth-order valence-corrected chi connectivity index (χ4v) is 2.93. The van der Waals surface area contributed by atoms with Crippen LogP contribution in [-0.2, 0) is 9.59 Å². The first kappa shape index (κ1) is 23.0. The predicted molar refractivity (Wildman–Crippen MR) is 125 cm³/mol. The van der Waals surface area contributed by atoms with Crippen LogP contribution >= 0.6 is 15.9 Å². The Labute approximate surface area is 193 Å². The number of nitrogens with zero attached hydrogens (tertiary/aromatic N) is 1. The third-order valence-electron chi connectivity index (χ3n) is 4.35. The van der Waals surface area contributed by atoms with Crippen LogP contribution < -0.4 is 14.9 Å². The second-order valence-corrected chi connectivity index (χ2v) is 7.70. The van der Waals surface area contributed by atoms with Gasteiger partial charge in [0.05, 0.1) is 12.5 Å². The predicted octanol–water partition coefficient (Wildman–Crippen LogP) is 4.81. The highest BCUT2D eigenvalue weighted by Gasteiger charge is 2.08. The standard InChI is InChI=1S/C24H21BrN2O5/c1-16-5-7-21(12-17(16)2)31-15-23(28)27-26-14-18-13-19(25)6-9-22(18)32-24(29)10-8-20-4-3-11-30-20/h3-14H,15H2,1-2H3,(H,27,28)/b10-8+,26-14-. The van der Waals surface area contributed by atoms with Gasteiger partial charge in [-0.1, -0.05) is 22.0 Å². The minimum Gasteiger partial charge on any atom is -0.484 e. The number of rotatable bonds is 8. The molecule has 32 heavy (non-hydrogen) atoms. The summed E-state index contributed by atoms with van der Waals surface area (Å²) in [4.78, 5) is 24.1. The van der Waals surface area contributed by atoms with E-state index in [2.05, 4.69) is 26.5 Å². The number of ether oxygens (including phenoxy) is 2. The molecule has 0 unspecified atom stereocenters. The maximum atomic E-state index is 12.1. The molecule has 0 bridgehead atoms. The lowest BCUT2D eigenvalue weighted by molar-refractivity contribution is -0.129. The Kier molecular flexibility index (Phi) is 7.99. The van der Waals surface area contributed by atoms with Crippen LogP contribution in [0.2, 0.25) is 0 Å². The van der Waals surface area contributed by atoms with Crippen LogP contribution in [0.15, 0.2) is 74.9 Å². The summed E-state index contributed by atoms with van der Waals surface area (Å²) in [5.41, 5.74) is 5.12. The molecule has 3 rings (SSSR count). The molecule has 0 aliphatic rings. The van der Waals surface area contributed by atoms with Gasteiger partial charge in [-0.15, -0.1) is 0 Å². The first-order chi connectivity index (χ1) is 15.4. The number of hydrogen-bond acceptors (Lipinski definition) is 6. The lowest BCUT2D eigenvalue weighted by Crippen LogP contribution is -2.24. The monoisotopic (exact) mass is 496 g/mol. The largest absolute Gasteiger partial charge is 0.484 e. The summed E-state index contributed by atoms with van der Waals surface area (Å²) in [5, 5.41) is 3.93. The van der Waals surface area contributed by atoms with Gasteiger partial charge in [0.15, 0.2) is 6.61 Å². The van der Waals surface area contributed by atoms with Crippen LogP contribution in [0.25, 0.3) is 6.08 Å². The number of hydrazone groups is 1. The minimum absolute atomic E-state index is 0.183. The van der Waals surface area contributed by atoms with Crippen molar-refractivity contribution in [3.63, 3.8) is 0 Å². The second-order valence-electron chi connectivity index (χ2n) is 6.78. The van der Waals surface area contributed by atoms with E-state index in [0.717, 1.165) is 15.6 Å². The van der Waals surface area contributed by atoms with Gasteiger partial charge >= 0.3 is 5.97 Å². The molecular formula is C24H21BrN2O5. The number of furan rings is 1. The molecule has 164 valence electrons. The molecule has 1 aromatic heterocycles. The van der Waals surface area contributed by atoms with Gasteiger partial charge in [0.25, 0.3) is 5.91 Å². The number of amides is 1. The zero-order valence-corrected chi connectivity index (χ0v) is 19.1. The summed E-state index contributed by atoms with van der Waals surface area (Å²) in [5.74, 6) is 0.423. The van der Waals surface area contributed by atoms with E-state index in [9.17, 15) is 9.59 Å². The quantitative estimate of drug-likeness (QED) is 0.159. The van der Waals surface area contributed by atoms with Gasteiger partial charge in [-0.05, 0) is 73.5 Å². The zero-order chi connectivity index (χ0) is 22.9. The number of halogens is 1. The summed E-state index contributed by atoms with van der Waals surface area (Å²) < 4.78 is 16.7. The third kappa shape index (κ3) is 6.95. The van der Waals surface area contributed by atoms with Gasteiger partial charge in [0.2, 0.25) is 0 Å². The minimum atomic E-state index is -0.579. The van der Waals surface area contributed by atoms with Crippen LogP contribution in [-0.4, -0.2) is 24.7 Å². The molecule has 0 spiro atoms. The summed E-state index contributed by atoms with van der Waals surface area (Å²) in [6.07, 6.45) is 5.66. The molecule has 0 saturated heterocycles. The van der Waals surface area contributed by atoms with E-state index < -0.39 is 11.9 Å². The summed E-state index contributed by atoms with van der Waals surface area (Å²) in [6, 6.07) is 14.1. The Morgan fingerprint density at radius 3 is 2.72 bits per heavy atom. The van der Waals surface area contributed by atoms with Crippen molar-refractivity contribution in [1.82, 2.24) is 5.43 Å². The molecule has 2 aromatic carbocycles. The maximum Gasteiger partial charge on any atom is 0.336 e. The van der Waals surface area contributed by atoms with Crippen molar-refractivity contribution in [2.24, 2.45) is 5.10 Å². The van der Waals surface area contributed by atoms with Gasteiger partial charge in [0, 0.05) is 16.1 Å². The van der Waals surface area contributed by atoms with Crippen molar-refractivity contribution in [1.29, 1.82) is 0 Å². The van der Waals surface area contributed by atoms with E-state index in [0.29, 0.717) is 17.1 Å². The van der Waals surface area contributed by atoms with E-state index in [1.807, 2.05) is 26.0 Å². The van der Waals surface area contributed by atoms with Crippen molar-refractivity contribution >= 4 is 40.1 Å². The van der Waals surface area contributed by atoms with Gasteiger partial charge in [-0.3, -0.25) is 4.79 Å². The summed E-state index contributed by atoms with van der Waals surface area (Å²) >= 11 is 3.37. The molecule has 0 radical (unpaired) electrons. The van der Waals surface area contributed by atoms with Crippen LogP contribution in [0.4, 0.5) is 0 Å². The van der Waals surface area contributed by atoms with Crippen LogP contribution in [0.5, 0.6) is 11.5 Å². The van der Waals surface area contributed by atoms with E-state index >= 15 is 0 Å². The molecule has 7 nitrogen and oxygen atoms in total. The van der Waals surface area contributed by atoms with Crippen LogP contribution in [0.1, 0.15) is 22.5 Å². The highest BCUT2D eigenvalue weighted by Crippen LogP contribution is 2.22. The second kappa shape index (κ2) is 11.1. The Morgan fingerprint density at radius 2 is 1.97 bits per heavy atom. The Balaban J connectivity index is 1.57. The van der Waals surface area contributed by atoms with Crippen LogP contribution in [0.3, 0.4) is 0 Å². The number of nitrogens with one attached hydrogen (secondary N) is 1. The van der Waals surface area contributed by atoms with Gasteiger partial charge < -0.3 is 13.9 Å². The van der Waals surface area contributed by atoms with Gasteiger partial charge in [-0.25, -0.2) is 10.2 Å². The molecule has 1 N–H and O–H groups in total. The molecule has 0 saturated carbocycles. The van der Waals surface area contributed by atoms with Crippen molar-refractivity contribution in [2.45, 2.75) is 13.8 Å². The summed E-state index contributed by atoms with van der Waals surface area (Å²) in [7, 11) is 0. The van der Waals surface area contributed by atoms with Crippen LogP contribution in [0, 0.1) is 13.8 Å². The first-order valence-corrected chi connectivity index (χ1v) is 10.4. The smallest absolute Gasteiger partial charge is 0.336 e. The lowest BCUT2D eigenvalue weighted by Gasteiger charge is -2.08. The van der Waals surface area contributed by atoms with Gasteiger partial charge in [-0.2, -0.15) is 5.10 Å². The number of aryl methyl sites for hydroxylation is 2. The van der Waals surface area contributed by atoms with Crippen molar-refractivity contribution in [2.75, 3.05) is 6.61 Å². The lowest BCUT2D eigenvalue weighted by atomic mass is 10.1. The molecule has 8 heteroatoms.